The molecule has 0 bridgehead atoms. The van der Waals surface area contributed by atoms with E-state index in [1.54, 1.807) is 18.2 Å². The number of benzene rings is 2. The minimum Gasteiger partial charge on any atom is -0.475 e. The zero-order valence-corrected chi connectivity index (χ0v) is 34.7. The van der Waals surface area contributed by atoms with Gasteiger partial charge in [-0.05, 0) is 73.6 Å². The van der Waals surface area contributed by atoms with E-state index in [9.17, 15) is 8.42 Å². The van der Waals surface area contributed by atoms with Crippen LogP contribution in [-0.2, 0) is 14.6 Å². The molecule has 4 aromatic rings. The van der Waals surface area contributed by atoms with Crippen LogP contribution in [0.25, 0.3) is 32.9 Å². The number of ether oxygens (including phenoxy) is 3. The third kappa shape index (κ3) is 6.93. The molecule has 0 atom stereocenters. The van der Waals surface area contributed by atoms with Crippen LogP contribution in [0.2, 0.25) is 16.6 Å². The summed E-state index contributed by atoms with van der Waals surface area (Å²) in [7, 11) is -0.774. The van der Waals surface area contributed by atoms with Crippen LogP contribution < -0.4 is 14.4 Å². The molecule has 1 saturated carbocycles. The van der Waals surface area contributed by atoms with Gasteiger partial charge in [0.15, 0.2) is 12.6 Å². The molecule has 290 valence electrons. The van der Waals surface area contributed by atoms with E-state index < -0.39 is 34.7 Å². The molecule has 2 aromatic carbocycles. The van der Waals surface area contributed by atoms with E-state index in [0.717, 1.165) is 25.5 Å². The SMILES string of the molecule is COCOc1cc(-c2nc3c4c(nc(S(C)(=O)=O)nc4c2F)N(CC2(N(C)C)CCC2)CCO3)c2c(C#C[Si](C(C)C)(C(C)C)C(C)C)c(F)ccc2c1. The van der Waals surface area contributed by atoms with Crippen LogP contribution in [0.4, 0.5) is 14.6 Å². The molecule has 1 aliphatic heterocycles. The van der Waals surface area contributed by atoms with Gasteiger partial charge in [-0.3, -0.25) is 0 Å². The van der Waals surface area contributed by atoms with Gasteiger partial charge in [-0.15, -0.1) is 5.54 Å². The van der Waals surface area contributed by atoms with Crippen molar-refractivity contribution in [3.8, 4) is 34.4 Å². The lowest BCUT2D eigenvalue weighted by Crippen LogP contribution is -2.57. The molecule has 10 nitrogen and oxygen atoms in total. The van der Waals surface area contributed by atoms with Crippen molar-refractivity contribution < 1.29 is 31.4 Å². The van der Waals surface area contributed by atoms with E-state index in [1.807, 2.05) is 19.0 Å². The van der Waals surface area contributed by atoms with E-state index >= 15 is 8.78 Å². The van der Waals surface area contributed by atoms with Crippen molar-refractivity contribution in [1.29, 1.82) is 0 Å². The quantitative estimate of drug-likeness (QED) is 0.0649. The molecule has 0 saturated heterocycles. The van der Waals surface area contributed by atoms with Gasteiger partial charge < -0.3 is 24.0 Å². The highest BCUT2D eigenvalue weighted by Gasteiger charge is 2.43. The Bertz CT molecular complexity index is 2250. The summed E-state index contributed by atoms with van der Waals surface area (Å²) < 4.78 is 77.0. The van der Waals surface area contributed by atoms with Crippen LogP contribution in [0.15, 0.2) is 29.4 Å². The van der Waals surface area contributed by atoms with E-state index in [-0.39, 0.29) is 58.4 Å². The number of anilines is 1. The highest BCUT2D eigenvalue weighted by molar-refractivity contribution is 7.90. The van der Waals surface area contributed by atoms with Crippen molar-refractivity contribution in [2.24, 2.45) is 0 Å². The van der Waals surface area contributed by atoms with Crippen molar-refractivity contribution in [3.63, 3.8) is 0 Å². The lowest BCUT2D eigenvalue weighted by molar-refractivity contribution is 0.0512. The predicted octanol–water partition coefficient (Wildman–Crippen LogP) is 7.76. The minimum atomic E-state index is -3.99. The first-order valence-electron chi connectivity index (χ1n) is 18.5. The summed E-state index contributed by atoms with van der Waals surface area (Å²) in [5.41, 5.74) is 4.18. The number of aromatic nitrogens is 3. The molecule has 0 radical (unpaired) electrons. The van der Waals surface area contributed by atoms with Gasteiger partial charge in [0, 0.05) is 36.4 Å². The summed E-state index contributed by atoms with van der Waals surface area (Å²) in [4.78, 5) is 17.8. The fourth-order valence-corrected chi connectivity index (χ4v) is 14.2. The largest absolute Gasteiger partial charge is 0.475 e. The second-order valence-corrected chi connectivity index (χ2v) is 23.3. The lowest BCUT2D eigenvalue weighted by Gasteiger charge is -2.49. The number of hydrogen-bond acceptors (Lipinski definition) is 10. The third-order valence-electron chi connectivity index (χ3n) is 11.6. The Morgan fingerprint density at radius 1 is 1.02 bits per heavy atom. The van der Waals surface area contributed by atoms with Gasteiger partial charge in [0.2, 0.25) is 20.9 Å². The minimum absolute atomic E-state index is 0.0534. The van der Waals surface area contributed by atoms with Crippen molar-refractivity contribution in [2.75, 3.05) is 58.9 Å². The van der Waals surface area contributed by atoms with Gasteiger partial charge in [-0.2, -0.15) is 0 Å². The molecule has 0 unspecified atom stereocenters. The molecule has 14 heteroatoms. The van der Waals surface area contributed by atoms with Crippen molar-refractivity contribution >= 4 is 45.4 Å². The summed E-state index contributed by atoms with van der Waals surface area (Å²) >= 11 is 0. The smallest absolute Gasteiger partial charge is 0.249 e. The summed E-state index contributed by atoms with van der Waals surface area (Å²) in [6.45, 7) is 14.1. The molecule has 2 aliphatic rings. The number of rotatable bonds is 11. The molecular formula is C40H51F2N5O5SSi. The van der Waals surface area contributed by atoms with Crippen LogP contribution in [0.5, 0.6) is 11.6 Å². The molecule has 3 heterocycles. The zero-order valence-electron chi connectivity index (χ0n) is 32.9. The third-order valence-corrected chi connectivity index (χ3v) is 18.7. The topological polar surface area (TPSA) is 107 Å². The van der Waals surface area contributed by atoms with Gasteiger partial charge in [0.25, 0.3) is 0 Å². The number of methoxy groups -OCH3 is 1. The van der Waals surface area contributed by atoms with Gasteiger partial charge in [-0.25, -0.2) is 32.2 Å². The number of nitrogens with zero attached hydrogens (tertiary/aromatic N) is 5. The zero-order chi connectivity index (χ0) is 39.3. The Morgan fingerprint density at radius 2 is 1.70 bits per heavy atom. The number of halogens is 2. The van der Waals surface area contributed by atoms with Crippen molar-refractivity contribution in [3.05, 3.63) is 41.5 Å². The Labute approximate surface area is 318 Å². The monoisotopic (exact) mass is 779 g/mol. The van der Waals surface area contributed by atoms with Gasteiger partial charge in [0.1, 0.15) is 48.7 Å². The molecule has 0 N–H and O–H groups in total. The fourth-order valence-electron chi connectivity index (χ4n) is 8.52. The average molecular weight is 780 g/mol. The normalized spacial score (nSPS) is 15.8. The Hall–Kier alpha value is -3.90. The molecule has 1 fully saturated rings. The molecule has 1 aliphatic carbocycles. The summed E-state index contributed by atoms with van der Waals surface area (Å²) in [5, 5.41) is 0.556. The van der Waals surface area contributed by atoms with Gasteiger partial charge in [-0.1, -0.05) is 53.5 Å². The first-order chi connectivity index (χ1) is 25.4. The molecule has 0 amide bonds. The van der Waals surface area contributed by atoms with E-state index in [1.165, 1.54) is 13.2 Å². The summed E-state index contributed by atoms with van der Waals surface area (Å²) in [5.74, 6) is 2.45. The highest BCUT2D eigenvalue weighted by atomic mass is 32.2. The maximum absolute atomic E-state index is 17.5. The van der Waals surface area contributed by atoms with Crippen LogP contribution in [0.1, 0.15) is 66.4 Å². The number of fused-ring (bicyclic) bond motifs is 1. The molecule has 0 spiro atoms. The molecule has 2 aromatic heterocycles. The predicted molar refractivity (Wildman–Crippen MR) is 212 cm³/mol. The number of likely N-dealkylation sites (N-methyl/N-ethyl adjacent to an activating group) is 1. The van der Waals surface area contributed by atoms with Crippen LogP contribution in [0.3, 0.4) is 0 Å². The highest BCUT2D eigenvalue weighted by Crippen LogP contribution is 2.45. The van der Waals surface area contributed by atoms with Crippen LogP contribution in [0, 0.1) is 23.1 Å². The van der Waals surface area contributed by atoms with E-state index in [4.69, 9.17) is 19.2 Å². The second-order valence-electron chi connectivity index (χ2n) is 15.8. The van der Waals surface area contributed by atoms with E-state index in [2.05, 4.69) is 67.9 Å². The Balaban J connectivity index is 1.68. The summed E-state index contributed by atoms with van der Waals surface area (Å²) in [6.07, 6.45) is 3.97. The van der Waals surface area contributed by atoms with Gasteiger partial charge in [0.05, 0.1) is 12.1 Å². The number of hydrogen-bond donors (Lipinski definition) is 0. The maximum atomic E-state index is 17.5. The average Bonchev–Trinajstić information content (AvgIpc) is 3.25. The molecule has 54 heavy (non-hydrogen) atoms. The second kappa shape index (κ2) is 15.0. The lowest BCUT2D eigenvalue weighted by atomic mass is 9.75. The number of pyridine rings is 1. The molecular weight excluding hydrogens is 729 g/mol. The van der Waals surface area contributed by atoms with Crippen molar-refractivity contribution in [1.82, 2.24) is 19.9 Å². The first kappa shape index (κ1) is 39.8. The number of sulfone groups is 1. The van der Waals surface area contributed by atoms with Crippen molar-refractivity contribution in [2.45, 2.75) is 88.1 Å². The standard InChI is InChI=1S/C40H51F2N5O5SSi/c1-24(2)54(25(3)4,26(5)6)19-14-29-31(41)13-12-27-20-28(52-23-50-9)21-30(32(27)29)35-34(42)36-33-37(45-39(44-36)53(10,48)49)47(17-18-51-38(33)43-35)22-40(46(7)8)15-11-16-40/h12-13,20-21,24-26H,11,15-18,22-23H2,1-10H3. The Morgan fingerprint density at radius 3 is 2.28 bits per heavy atom. The van der Waals surface area contributed by atoms with Gasteiger partial charge >= 0.3 is 0 Å². The van der Waals surface area contributed by atoms with Crippen LogP contribution in [-0.4, -0.2) is 95.8 Å². The van der Waals surface area contributed by atoms with E-state index in [0.29, 0.717) is 46.2 Å². The maximum Gasteiger partial charge on any atom is 0.249 e. The first-order valence-corrected chi connectivity index (χ1v) is 22.7. The Kier molecular flexibility index (Phi) is 11.0. The van der Waals surface area contributed by atoms with Crippen LogP contribution >= 0.6 is 0 Å². The fraction of sp³-hybridized carbons (Fsp3) is 0.525. The molecule has 6 rings (SSSR count). The summed E-state index contributed by atoms with van der Waals surface area (Å²) in [6, 6.07) is 6.26.